The molecule has 1 unspecified atom stereocenters. The van der Waals surface area contributed by atoms with Gasteiger partial charge in [-0.15, -0.1) is 0 Å². The van der Waals surface area contributed by atoms with Crippen LogP contribution >= 0.6 is 15.9 Å². The van der Waals surface area contributed by atoms with Gasteiger partial charge in [0.05, 0.1) is 10.9 Å². The van der Waals surface area contributed by atoms with Crippen molar-refractivity contribution in [2.24, 2.45) is 0 Å². The van der Waals surface area contributed by atoms with Gasteiger partial charge < -0.3 is 4.74 Å². The highest BCUT2D eigenvalue weighted by atomic mass is 79.9. The van der Waals surface area contributed by atoms with E-state index in [9.17, 15) is 8.42 Å². The number of ether oxygens (including phenoxy) is 1. The van der Waals surface area contributed by atoms with Crippen LogP contribution in [-0.4, -0.2) is 14.0 Å². The lowest BCUT2D eigenvalue weighted by Gasteiger charge is -2.37. The smallest absolute Gasteiger partial charge is 0.241 e. The highest BCUT2D eigenvalue weighted by Gasteiger charge is 2.35. The molecule has 1 N–H and O–H groups in total. The summed E-state index contributed by atoms with van der Waals surface area (Å²) in [6.07, 6.45) is 0.569. The Morgan fingerprint density at radius 1 is 1.13 bits per heavy atom. The van der Waals surface area contributed by atoms with Gasteiger partial charge in [-0.3, -0.25) is 0 Å². The topological polar surface area (TPSA) is 55.4 Å². The molecule has 0 aliphatic carbocycles. The maximum absolute atomic E-state index is 12.7. The number of para-hydroxylation sites is 1. The van der Waals surface area contributed by atoms with Crippen molar-refractivity contribution in [1.82, 2.24) is 4.72 Å². The third kappa shape index (κ3) is 3.59. The van der Waals surface area contributed by atoms with Crippen LogP contribution in [0.5, 0.6) is 5.75 Å². The van der Waals surface area contributed by atoms with E-state index in [0.29, 0.717) is 6.42 Å². The van der Waals surface area contributed by atoms with Crippen LogP contribution in [0.15, 0.2) is 57.9 Å². The molecular weight excluding hydrogens is 378 g/mol. The summed E-state index contributed by atoms with van der Waals surface area (Å²) in [7, 11) is -3.60. The van der Waals surface area contributed by atoms with Gasteiger partial charge in [0.1, 0.15) is 11.4 Å². The van der Waals surface area contributed by atoms with Crippen LogP contribution in [0, 0.1) is 0 Å². The van der Waals surface area contributed by atoms with Gasteiger partial charge >= 0.3 is 0 Å². The van der Waals surface area contributed by atoms with Gasteiger partial charge in [0.15, 0.2) is 0 Å². The zero-order chi connectivity index (χ0) is 16.7. The summed E-state index contributed by atoms with van der Waals surface area (Å²) < 4.78 is 34.9. The maximum Gasteiger partial charge on any atom is 0.241 e. The number of hydrogen-bond donors (Lipinski definition) is 1. The van der Waals surface area contributed by atoms with Gasteiger partial charge in [-0.25, -0.2) is 13.1 Å². The summed E-state index contributed by atoms with van der Waals surface area (Å²) in [5, 5.41) is 0. The van der Waals surface area contributed by atoms with Crippen LogP contribution in [0.1, 0.15) is 31.9 Å². The first-order chi connectivity index (χ1) is 10.8. The van der Waals surface area contributed by atoms with Crippen molar-refractivity contribution in [3.05, 3.63) is 58.6 Å². The number of nitrogens with one attached hydrogen (secondary N) is 1. The van der Waals surface area contributed by atoms with Crippen molar-refractivity contribution in [2.75, 3.05) is 0 Å². The van der Waals surface area contributed by atoms with Crippen LogP contribution in [-0.2, 0) is 10.0 Å². The lowest BCUT2D eigenvalue weighted by Crippen LogP contribution is -2.41. The Morgan fingerprint density at radius 2 is 1.78 bits per heavy atom. The molecule has 0 saturated heterocycles. The summed E-state index contributed by atoms with van der Waals surface area (Å²) in [5.74, 6) is 0.729. The fourth-order valence-corrected chi connectivity index (χ4v) is 4.26. The van der Waals surface area contributed by atoms with Crippen LogP contribution in [0.25, 0.3) is 0 Å². The van der Waals surface area contributed by atoms with E-state index in [4.69, 9.17) is 4.74 Å². The monoisotopic (exact) mass is 395 g/mol. The van der Waals surface area contributed by atoms with Crippen LogP contribution < -0.4 is 9.46 Å². The number of hydrogen-bond acceptors (Lipinski definition) is 3. The molecule has 0 amide bonds. The highest BCUT2D eigenvalue weighted by Crippen LogP contribution is 2.39. The molecule has 2 aromatic rings. The largest absolute Gasteiger partial charge is 0.487 e. The predicted molar refractivity (Wildman–Crippen MR) is 93.0 cm³/mol. The lowest BCUT2D eigenvalue weighted by molar-refractivity contribution is 0.0702. The summed E-state index contributed by atoms with van der Waals surface area (Å²) in [5.41, 5.74) is 0.439. The van der Waals surface area contributed by atoms with E-state index in [1.165, 1.54) is 0 Å². The van der Waals surface area contributed by atoms with Crippen LogP contribution in [0.3, 0.4) is 0 Å². The average Bonchev–Trinajstić information content (AvgIpc) is 2.46. The zero-order valence-electron chi connectivity index (χ0n) is 12.9. The standard InChI is InChI=1S/C17H18BrNO3S/c1-17(2)11-15(14-5-3-4-6-16(14)22-17)19-23(20,21)13-9-7-12(18)8-10-13/h3-10,15,19H,11H2,1-2H3. The minimum Gasteiger partial charge on any atom is -0.487 e. The zero-order valence-corrected chi connectivity index (χ0v) is 15.3. The Labute approximate surface area is 145 Å². The molecule has 0 saturated carbocycles. The van der Waals surface area contributed by atoms with Crippen molar-refractivity contribution < 1.29 is 13.2 Å². The fourth-order valence-electron chi connectivity index (χ4n) is 2.78. The minimum atomic E-state index is -3.60. The first-order valence-corrected chi connectivity index (χ1v) is 9.60. The molecule has 1 aliphatic heterocycles. The van der Waals surface area contributed by atoms with Gasteiger partial charge in [0, 0.05) is 16.5 Å². The van der Waals surface area contributed by atoms with Gasteiger partial charge in [-0.05, 0) is 44.2 Å². The molecule has 0 fully saturated rings. The van der Waals surface area contributed by atoms with Crippen molar-refractivity contribution >= 4 is 26.0 Å². The second kappa shape index (κ2) is 5.92. The van der Waals surface area contributed by atoms with E-state index in [0.717, 1.165) is 15.8 Å². The van der Waals surface area contributed by atoms with Crippen LogP contribution in [0.2, 0.25) is 0 Å². The predicted octanol–water partition coefficient (Wildman–Crippen LogP) is 4.03. The van der Waals surface area contributed by atoms with Crippen molar-refractivity contribution in [1.29, 1.82) is 0 Å². The number of sulfonamides is 1. The number of benzene rings is 2. The Hall–Kier alpha value is -1.37. The lowest BCUT2D eigenvalue weighted by atomic mass is 9.90. The van der Waals surface area contributed by atoms with Gasteiger partial charge in [-0.2, -0.15) is 0 Å². The first-order valence-electron chi connectivity index (χ1n) is 7.33. The Kier molecular flexibility index (Phi) is 4.25. The van der Waals surface area contributed by atoms with E-state index in [-0.39, 0.29) is 10.9 Å². The molecule has 1 aliphatic rings. The molecule has 1 heterocycles. The van der Waals surface area contributed by atoms with Crippen molar-refractivity contribution in [3.63, 3.8) is 0 Å². The highest BCUT2D eigenvalue weighted by molar-refractivity contribution is 9.10. The molecule has 23 heavy (non-hydrogen) atoms. The van der Waals surface area contributed by atoms with Gasteiger partial charge in [-0.1, -0.05) is 34.1 Å². The molecular formula is C17H18BrNO3S. The summed E-state index contributed by atoms with van der Waals surface area (Å²) >= 11 is 3.32. The molecule has 0 radical (unpaired) electrons. The van der Waals surface area contributed by atoms with E-state index in [2.05, 4.69) is 20.7 Å². The molecule has 1 atom stereocenters. The number of fused-ring (bicyclic) bond motifs is 1. The summed E-state index contributed by atoms with van der Waals surface area (Å²) in [6.45, 7) is 3.92. The molecule has 0 spiro atoms. The molecule has 0 aromatic heterocycles. The summed E-state index contributed by atoms with van der Waals surface area (Å²) in [6, 6.07) is 13.8. The first kappa shape index (κ1) is 16.5. The van der Waals surface area contributed by atoms with Crippen molar-refractivity contribution in [3.8, 4) is 5.75 Å². The van der Waals surface area contributed by atoms with Crippen LogP contribution in [0.4, 0.5) is 0 Å². The SMILES string of the molecule is CC1(C)CC(NS(=O)(=O)c2ccc(Br)cc2)c2ccccc2O1. The molecule has 3 rings (SSSR count). The third-order valence-corrected chi connectivity index (χ3v) is 5.81. The average molecular weight is 396 g/mol. The molecule has 2 aromatic carbocycles. The third-order valence-electron chi connectivity index (χ3n) is 3.80. The minimum absolute atomic E-state index is 0.252. The molecule has 4 nitrogen and oxygen atoms in total. The molecule has 0 bridgehead atoms. The maximum atomic E-state index is 12.7. The second-order valence-corrected chi connectivity index (χ2v) is 8.86. The van der Waals surface area contributed by atoms with Crippen molar-refractivity contribution in [2.45, 2.75) is 36.8 Å². The summed E-state index contributed by atoms with van der Waals surface area (Å²) in [4.78, 5) is 0.252. The van der Waals surface area contributed by atoms with Gasteiger partial charge in [0.2, 0.25) is 10.0 Å². The van der Waals surface area contributed by atoms with E-state index < -0.39 is 15.6 Å². The number of halogens is 1. The Bertz CT molecular complexity index is 816. The normalized spacial score (nSPS) is 19.7. The molecule has 122 valence electrons. The van der Waals surface area contributed by atoms with Gasteiger partial charge in [0.25, 0.3) is 0 Å². The van der Waals surface area contributed by atoms with E-state index in [1.54, 1.807) is 24.3 Å². The van der Waals surface area contributed by atoms with E-state index in [1.807, 2.05) is 38.1 Å². The molecule has 6 heteroatoms. The Balaban J connectivity index is 1.94. The fraction of sp³-hybridized carbons (Fsp3) is 0.294. The van der Waals surface area contributed by atoms with E-state index >= 15 is 0 Å². The second-order valence-electron chi connectivity index (χ2n) is 6.23. The quantitative estimate of drug-likeness (QED) is 0.853. The number of rotatable bonds is 3. The Morgan fingerprint density at radius 3 is 2.48 bits per heavy atom.